The van der Waals surface area contributed by atoms with E-state index in [0.29, 0.717) is 36.0 Å². The number of carbonyl (C=O) groups excluding carboxylic acids is 1. The molecular weight excluding hydrogens is 458 g/mol. The molecule has 10 heteroatoms. The fourth-order valence-electron chi connectivity index (χ4n) is 4.66. The van der Waals surface area contributed by atoms with Gasteiger partial charge in [-0.3, -0.25) is 18.7 Å². The van der Waals surface area contributed by atoms with E-state index in [4.69, 9.17) is 10.5 Å². The Morgan fingerprint density at radius 1 is 1.25 bits per heavy atom. The summed E-state index contributed by atoms with van der Waals surface area (Å²) in [5.41, 5.74) is 6.97. The number of benzene rings is 1. The minimum Gasteiger partial charge on any atom is -0.497 e. The first-order valence-corrected chi connectivity index (χ1v) is 11.6. The number of carbonyl (C=O) groups is 1. The van der Waals surface area contributed by atoms with Gasteiger partial charge in [0.2, 0.25) is 0 Å². The van der Waals surface area contributed by atoms with Crippen molar-refractivity contribution in [2.75, 3.05) is 25.1 Å². The van der Waals surface area contributed by atoms with Crippen LogP contribution in [0.2, 0.25) is 0 Å². The van der Waals surface area contributed by atoms with Crippen LogP contribution in [0.4, 0.5) is 5.82 Å². The highest BCUT2D eigenvalue weighted by molar-refractivity contribution is 5.96. The average molecular weight is 484 g/mol. The van der Waals surface area contributed by atoms with Gasteiger partial charge in [0.05, 0.1) is 20.0 Å². The van der Waals surface area contributed by atoms with Crippen LogP contribution in [0.25, 0.3) is 16.9 Å². The number of methoxy groups -OCH3 is 1. The molecule has 0 radical (unpaired) electrons. The minimum absolute atomic E-state index is 0.0504. The molecule has 0 aliphatic carbocycles. The second-order valence-electron chi connectivity index (χ2n) is 8.71. The van der Waals surface area contributed by atoms with E-state index in [1.165, 1.54) is 18.0 Å². The number of nitrogens with zero attached hydrogens (tertiary/aromatic N) is 6. The van der Waals surface area contributed by atoms with Crippen molar-refractivity contribution in [3.8, 4) is 17.6 Å². The predicted molar refractivity (Wildman–Crippen MR) is 135 cm³/mol. The van der Waals surface area contributed by atoms with Crippen molar-refractivity contribution in [1.29, 1.82) is 5.26 Å². The van der Waals surface area contributed by atoms with Crippen LogP contribution in [0.3, 0.4) is 0 Å². The van der Waals surface area contributed by atoms with Gasteiger partial charge in [0.25, 0.3) is 5.56 Å². The van der Waals surface area contributed by atoms with E-state index in [1.54, 1.807) is 47.2 Å². The van der Waals surface area contributed by atoms with E-state index in [2.05, 4.69) is 16.0 Å². The number of fused-ring (bicyclic) bond motifs is 1. The first-order valence-electron chi connectivity index (χ1n) is 11.6. The summed E-state index contributed by atoms with van der Waals surface area (Å²) in [7, 11) is 1.53. The average Bonchev–Trinajstić information content (AvgIpc) is 3.25. The van der Waals surface area contributed by atoms with Crippen molar-refractivity contribution in [3.05, 3.63) is 76.5 Å². The van der Waals surface area contributed by atoms with Crippen molar-refractivity contribution >= 4 is 22.6 Å². The Morgan fingerprint density at radius 2 is 2.11 bits per heavy atom. The number of hydrogen-bond donors (Lipinski definition) is 1. The van der Waals surface area contributed by atoms with Gasteiger partial charge in [0.1, 0.15) is 40.1 Å². The van der Waals surface area contributed by atoms with Crippen molar-refractivity contribution in [1.82, 2.24) is 19.1 Å². The lowest BCUT2D eigenvalue weighted by Crippen LogP contribution is -2.44. The topological polar surface area (TPSA) is 132 Å². The van der Waals surface area contributed by atoms with Gasteiger partial charge in [-0.2, -0.15) is 5.26 Å². The second-order valence-corrected chi connectivity index (χ2v) is 8.71. The van der Waals surface area contributed by atoms with E-state index >= 15 is 0 Å². The maximum Gasteiger partial charge on any atom is 0.278 e. The molecule has 1 atom stereocenters. The molecule has 0 saturated carbocycles. The molecule has 1 aromatic carbocycles. The lowest BCUT2D eigenvalue weighted by Gasteiger charge is -2.33. The molecule has 3 aromatic heterocycles. The summed E-state index contributed by atoms with van der Waals surface area (Å²) in [4.78, 5) is 37.7. The largest absolute Gasteiger partial charge is 0.497 e. The number of aromatic nitrogens is 4. The minimum atomic E-state index is -0.439. The summed E-state index contributed by atoms with van der Waals surface area (Å²) in [6.45, 7) is 1.02. The maximum absolute atomic E-state index is 13.8. The number of nitriles is 1. The molecule has 36 heavy (non-hydrogen) atoms. The quantitative estimate of drug-likeness (QED) is 0.413. The number of piperidine rings is 1. The van der Waals surface area contributed by atoms with Gasteiger partial charge in [0, 0.05) is 30.9 Å². The molecule has 0 bridgehead atoms. The third kappa shape index (κ3) is 4.10. The summed E-state index contributed by atoms with van der Waals surface area (Å²) in [5, 5.41) is 10.1. The molecule has 0 spiro atoms. The van der Waals surface area contributed by atoms with Crippen molar-refractivity contribution < 1.29 is 9.53 Å². The molecule has 4 aromatic rings. The van der Waals surface area contributed by atoms with E-state index in [0.717, 1.165) is 12.8 Å². The Kier molecular flexibility index (Phi) is 6.23. The second kappa shape index (κ2) is 9.64. The SMILES string of the molecule is COc1cccc(C(=O)Cn2cnc3c(C#N)c(N4CCCC(N)C4)n(-c4ccccn4)c3c2=O)c1. The molecule has 5 rings (SSSR count). The predicted octanol–water partition coefficient (Wildman–Crippen LogP) is 2.27. The summed E-state index contributed by atoms with van der Waals surface area (Å²) < 4.78 is 8.14. The zero-order chi connectivity index (χ0) is 25.2. The number of rotatable bonds is 6. The molecule has 1 aliphatic heterocycles. The molecule has 1 saturated heterocycles. The number of ether oxygens (including phenoxy) is 1. The van der Waals surface area contributed by atoms with Crippen LogP contribution < -0.4 is 20.9 Å². The smallest absolute Gasteiger partial charge is 0.278 e. The number of anilines is 1. The Hall–Kier alpha value is -4.49. The normalized spacial score (nSPS) is 15.6. The molecular formula is C26H25N7O3. The van der Waals surface area contributed by atoms with E-state index in [1.807, 2.05) is 11.0 Å². The third-order valence-corrected chi connectivity index (χ3v) is 6.36. The summed E-state index contributed by atoms with van der Waals surface area (Å²) in [5.74, 6) is 1.31. The van der Waals surface area contributed by atoms with Crippen LogP contribution in [0.5, 0.6) is 5.75 Å². The lowest BCUT2D eigenvalue weighted by molar-refractivity contribution is 0.0970. The molecule has 1 fully saturated rings. The van der Waals surface area contributed by atoms with Crippen LogP contribution in [-0.2, 0) is 6.54 Å². The number of pyridine rings is 1. The Bertz CT molecular complexity index is 1540. The molecule has 1 aliphatic rings. The van der Waals surface area contributed by atoms with Crippen molar-refractivity contribution in [3.63, 3.8) is 0 Å². The van der Waals surface area contributed by atoms with Gasteiger partial charge >= 0.3 is 0 Å². The van der Waals surface area contributed by atoms with Gasteiger partial charge in [-0.15, -0.1) is 0 Å². The fourth-order valence-corrected chi connectivity index (χ4v) is 4.66. The van der Waals surface area contributed by atoms with Crippen LogP contribution in [-0.4, -0.2) is 51.1 Å². The number of hydrogen-bond acceptors (Lipinski definition) is 8. The Labute approximate surface area is 207 Å². The van der Waals surface area contributed by atoms with Crippen LogP contribution >= 0.6 is 0 Å². The van der Waals surface area contributed by atoms with Crippen LogP contribution in [0.15, 0.2) is 59.8 Å². The van der Waals surface area contributed by atoms with Gasteiger partial charge in [-0.05, 0) is 37.1 Å². The number of Topliss-reactive ketones (excluding diaryl/α,β-unsaturated/α-hetero) is 1. The first-order chi connectivity index (χ1) is 17.5. The van der Waals surface area contributed by atoms with Crippen LogP contribution in [0.1, 0.15) is 28.8 Å². The van der Waals surface area contributed by atoms with Gasteiger partial charge in [-0.1, -0.05) is 18.2 Å². The molecule has 182 valence electrons. The molecule has 2 N–H and O–H groups in total. The summed E-state index contributed by atoms with van der Waals surface area (Å²) in [6.07, 6.45) is 4.69. The highest BCUT2D eigenvalue weighted by Crippen LogP contribution is 2.33. The lowest BCUT2D eigenvalue weighted by atomic mass is 10.1. The summed E-state index contributed by atoms with van der Waals surface area (Å²) >= 11 is 0. The van der Waals surface area contributed by atoms with Crippen molar-refractivity contribution in [2.24, 2.45) is 5.73 Å². The van der Waals surface area contributed by atoms with Crippen LogP contribution in [0, 0.1) is 11.3 Å². The summed E-state index contributed by atoms with van der Waals surface area (Å²) in [6, 6.07) is 14.3. The monoisotopic (exact) mass is 483 g/mol. The molecule has 0 amide bonds. The molecule has 1 unspecified atom stereocenters. The zero-order valence-corrected chi connectivity index (χ0v) is 19.8. The number of ketones is 1. The standard InChI is InChI=1S/C26H25N7O3/c1-36-19-8-4-6-17(12-19)21(34)15-32-16-30-23-20(13-27)25(31-11-5-7-18(28)14-31)33(24(23)26(32)35)22-9-2-3-10-29-22/h2-4,6,8-10,12,16,18H,5,7,11,14-15,28H2,1H3. The number of nitrogens with two attached hydrogens (primary N) is 1. The van der Waals surface area contributed by atoms with E-state index in [-0.39, 0.29) is 35.0 Å². The molecule has 4 heterocycles. The first kappa shape index (κ1) is 23.3. The van der Waals surface area contributed by atoms with Crippen molar-refractivity contribution in [2.45, 2.75) is 25.4 Å². The Morgan fingerprint density at radius 3 is 2.83 bits per heavy atom. The fraction of sp³-hybridized carbons (Fsp3) is 0.269. The van der Waals surface area contributed by atoms with E-state index in [9.17, 15) is 14.9 Å². The third-order valence-electron chi connectivity index (χ3n) is 6.36. The highest BCUT2D eigenvalue weighted by atomic mass is 16.5. The van der Waals surface area contributed by atoms with E-state index < -0.39 is 5.56 Å². The maximum atomic E-state index is 13.8. The Balaban J connectivity index is 1.69. The van der Waals surface area contributed by atoms with Gasteiger partial charge in [-0.25, -0.2) is 9.97 Å². The van der Waals surface area contributed by atoms with Gasteiger partial charge in [0.15, 0.2) is 5.78 Å². The zero-order valence-electron chi connectivity index (χ0n) is 19.8. The molecule has 10 nitrogen and oxygen atoms in total. The highest BCUT2D eigenvalue weighted by Gasteiger charge is 2.29. The van der Waals surface area contributed by atoms with Gasteiger partial charge < -0.3 is 15.4 Å².